The van der Waals surface area contributed by atoms with Gasteiger partial charge in [-0.05, 0) is 37.1 Å². The van der Waals surface area contributed by atoms with Crippen LogP contribution in [0.4, 0.5) is 0 Å². The minimum Gasteiger partial charge on any atom is -0.486 e. The summed E-state index contributed by atoms with van der Waals surface area (Å²) < 4.78 is 6.46. The molecule has 1 spiro atoms. The number of fused-ring (bicyclic) bond motifs is 1. The van der Waals surface area contributed by atoms with Crippen molar-refractivity contribution in [2.75, 3.05) is 13.1 Å². The van der Waals surface area contributed by atoms with Gasteiger partial charge in [0.25, 0.3) is 5.91 Å². The molecular formula is C29H27NO4. The monoisotopic (exact) mass is 453 g/mol. The van der Waals surface area contributed by atoms with E-state index >= 15 is 0 Å². The van der Waals surface area contributed by atoms with Gasteiger partial charge in [-0.2, -0.15) is 0 Å². The number of ether oxygens (including phenoxy) is 1. The quantitative estimate of drug-likeness (QED) is 0.513. The van der Waals surface area contributed by atoms with Gasteiger partial charge in [-0.25, -0.2) is 0 Å². The fourth-order valence-corrected chi connectivity index (χ4v) is 5.12. The molecule has 0 aliphatic carbocycles. The maximum Gasteiger partial charge on any atom is 0.254 e. The van der Waals surface area contributed by atoms with Gasteiger partial charge in [-0.3, -0.25) is 14.4 Å². The smallest absolute Gasteiger partial charge is 0.254 e. The number of hydrogen-bond donors (Lipinski definition) is 0. The topological polar surface area (TPSA) is 63.7 Å². The first-order chi connectivity index (χ1) is 16.4. The number of likely N-dealkylation sites (tertiary alicyclic amines) is 1. The molecule has 0 radical (unpaired) electrons. The molecule has 3 aromatic rings. The predicted octanol–water partition coefficient (Wildman–Crippen LogP) is 5.17. The number of carbonyl (C=O) groups excluding carboxylic acids is 3. The highest BCUT2D eigenvalue weighted by atomic mass is 16.5. The highest BCUT2D eigenvalue weighted by molar-refractivity contribution is 6.15. The maximum atomic E-state index is 13.4. The van der Waals surface area contributed by atoms with E-state index in [1.165, 1.54) is 0 Å². The van der Waals surface area contributed by atoms with E-state index in [-0.39, 0.29) is 17.5 Å². The second-order valence-electron chi connectivity index (χ2n) is 9.38. The Morgan fingerprint density at radius 1 is 0.882 bits per heavy atom. The molecule has 5 rings (SSSR count). The fourth-order valence-electron chi connectivity index (χ4n) is 5.12. The number of amides is 1. The molecule has 0 atom stereocenters. The lowest BCUT2D eigenvalue weighted by Crippen LogP contribution is -2.52. The first-order valence-corrected chi connectivity index (χ1v) is 11.7. The van der Waals surface area contributed by atoms with Crippen LogP contribution in [-0.2, 0) is 0 Å². The van der Waals surface area contributed by atoms with Crippen LogP contribution in [-0.4, -0.2) is 41.1 Å². The van der Waals surface area contributed by atoms with Gasteiger partial charge in [0.2, 0.25) is 0 Å². The summed E-state index contributed by atoms with van der Waals surface area (Å²) in [6.07, 6.45) is 1.48. The number of nitrogens with zero attached hydrogens (tertiary/aromatic N) is 1. The van der Waals surface area contributed by atoms with Crippen LogP contribution in [0.25, 0.3) is 0 Å². The zero-order valence-electron chi connectivity index (χ0n) is 19.5. The molecule has 5 nitrogen and oxygen atoms in total. The molecular weight excluding hydrogens is 426 g/mol. The highest BCUT2D eigenvalue weighted by Gasteiger charge is 2.44. The molecule has 172 valence electrons. The Balaban J connectivity index is 1.35. The van der Waals surface area contributed by atoms with Crippen LogP contribution in [0.15, 0.2) is 66.7 Å². The van der Waals surface area contributed by atoms with Crippen molar-refractivity contribution in [3.8, 4) is 5.75 Å². The number of carbonyl (C=O) groups is 3. The van der Waals surface area contributed by atoms with Crippen molar-refractivity contribution in [2.24, 2.45) is 0 Å². The predicted molar refractivity (Wildman–Crippen MR) is 130 cm³/mol. The number of piperidine rings is 1. The molecule has 0 saturated carbocycles. The number of Topliss-reactive ketones (excluding diaryl/α,β-unsaturated/α-hetero) is 1. The Morgan fingerprint density at radius 2 is 1.53 bits per heavy atom. The van der Waals surface area contributed by atoms with E-state index in [9.17, 15) is 14.4 Å². The van der Waals surface area contributed by atoms with E-state index in [4.69, 9.17) is 4.74 Å². The first kappa shape index (κ1) is 22.1. The van der Waals surface area contributed by atoms with Crippen molar-refractivity contribution in [2.45, 2.75) is 38.7 Å². The van der Waals surface area contributed by atoms with Crippen LogP contribution >= 0.6 is 0 Å². The summed E-state index contributed by atoms with van der Waals surface area (Å²) in [5, 5.41) is 0. The zero-order chi connectivity index (χ0) is 23.9. The molecule has 0 unspecified atom stereocenters. The molecule has 1 fully saturated rings. The molecule has 2 aliphatic heterocycles. The highest BCUT2D eigenvalue weighted by Crippen LogP contribution is 2.41. The Hall–Kier alpha value is -3.73. The molecule has 0 N–H and O–H groups in total. The summed E-state index contributed by atoms with van der Waals surface area (Å²) >= 11 is 0. The molecule has 34 heavy (non-hydrogen) atoms. The zero-order valence-corrected chi connectivity index (χ0v) is 19.5. The van der Waals surface area contributed by atoms with Crippen LogP contribution in [0.1, 0.15) is 67.0 Å². The van der Waals surface area contributed by atoms with Crippen LogP contribution in [0.5, 0.6) is 5.75 Å². The van der Waals surface area contributed by atoms with Crippen molar-refractivity contribution in [3.63, 3.8) is 0 Å². The van der Waals surface area contributed by atoms with Gasteiger partial charge >= 0.3 is 0 Å². The van der Waals surface area contributed by atoms with E-state index in [1.807, 2.05) is 44.2 Å². The second-order valence-corrected chi connectivity index (χ2v) is 9.38. The molecule has 0 bridgehead atoms. The molecule has 2 aliphatic rings. The molecule has 1 amide bonds. The summed E-state index contributed by atoms with van der Waals surface area (Å²) in [6.45, 7) is 4.90. The third-order valence-electron chi connectivity index (χ3n) is 6.92. The van der Waals surface area contributed by atoms with Gasteiger partial charge in [0.05, 0.1) is 17.5 Å². The van der Waals surface area contributed by atoms with Crippen molar-refractivity contribution < 1.29 is 19.1 Å². The average Bonchev–Trinajstić information content (AvgIpc) is 2.85. The van der Waals surface area contributed by atoms with Crippen molar-refractivity contribution in [1.29, 1.82) is 0 Å². The van der Waals surface area contributed by atoms with Crippen molar-refractivity contribution in [1.82, 2.24) is 4.90 Å². The normalized spacial score (nSPS) is 16.6. The van der Waals surface area contributed by atoms with Crippen LogP contribution in [0.2, 0.25) is 0 Å². The third kappa shape index (κ3) is 3.92. The minimum atomic E-state index is -0.583. The van der Waals surface area contributed by atoms with Gasteiger partial charge < -0.3 is 9.64 Å². The molecule has 2 heterocycles. The SMILES string of the molecule is Cc1cc(C)c2c(c1)C(=O)CC1(CCN(C(=O)c3ccccc3C(=O)c3ccccc3)CC1)O2. The van der Waals surface area contributed by atoms with Gasteiger partial charge in [-0.1, -0.05) is 54.6 Å². The number of benzene rings is 3. The lowest BCUT2D eigenvalue weighted by Gasteiger charge is -2.44. The summed E-state index contributed by atoms with van der Waals surface area (Å²) in [4.78, 5) is 41.3. The van der Waals surface area contributed by atoms with E-state index < -0.39 is 5.60 Å². The van der Waals surface area contributed by atoms with Crippen molar-refractivity contribution >= 4 is 17.5 Å². The van der Waals surface area contributed by atoms with Crippen LogP contribution in [0, 0.1) is 13.8 Å². The molecule has 3 aromatic carbocycles. The Morgan fingerprint density at radius 3 is 2.24 bits per heavy atom. The second kappa shape index (κ2) is 8.56. The number of aryl methyl sites for hydroxylation is 2. The molecule has 0 aromatic heterocycles. The first-order valence-electron chi connectivity index (χ1n) is 11.7. The van der Waals surface area contributed by atoms with Gasteiger partial charge in [0.1, 0.15) is 11.4 Å². The standard InChI is InChI=1S/C29H27NO4/c1-19-16-20(2)27-24(17-19)25(31)18-29(34-27)12-14-30(15-13-29)28(33)23-11-7-6-10-22(23)26(32)21-8-4-3-5-9-21/h3-11,16-17H,12-15,18H2,1-2H3. The third-order valence-corrected chi connectivity index (χ3v) is 6.92. The average molecular weight is 454 g/mol. The Bertz CT molecular complexity index is 1290. The minimum absolute atomic E-state index is 0.103. The number of rotatable bonds is 3. The van der Waals surface area contributed by atoms with Crippen LogP contribution in [0.3, 0.4) is 0 Å². The molecule has 1 saturated heterocycles. The van der Waals surface area contributed by atoms with Crippen molar-refractivity contribution in [3.05, 3.63) is 100 Å². The van der Waals surface area contributed by atoms with E-state index in [2.05, 4.69) is 0 Å². The Labute approximate surface area is 199 Å². The molecule has 5 heteroatoms. The van der Waals surface area contributed by atoms with E-state index in [0.717, 1.165) is 11.1 Å². The lowest BCUT2D eigenvalue weighted by atomic mass is 9.81. The van der Waals surface area contributed by atoms with Crippen LogP contribution < -0.4 is 4.74 Å². The van der Waals surface area contributed by atoms with E-state index in [1.54, 1.807) is 41.3 Å². The Kier molecular flexibility index (Phi) is 5.56. The number of hydrogen-bond acceptors (Lipinski definition) is 4. The van der Waals surface area contributed by atoms with E-state index in [0.29, 0.717) is 60.4 Å². The van der Waals surface area contributed by atoms with Gasteiger partial charge in [0.15, 0.2) is 11.6 Å². The van der Waals surface area contributed by atoms with Gasteiger partial charge in [-0.15, -0.1) is 0 Å². The summed E-state index contributed by atoms with van der Waals surface area (Å²) in [6, 6.07) is 19.9. The number of ketones is 2. The summed E-state index contributed by atoms with van der Waals surface area (Å²) in [5.41, 5.74) is 3.46. The summed E-state index contributed by atoms with van der Waals surface area (Å²) in [5.74, 6) is 0.456. The largest absolute Gasteiger partial charge is 0.486 e. The fraction of sp³-hybridized carbons (Fsp3) is 0.276. The lowest BCUT2D eigenvalue weighted by molar-refractivity contribution is -0.00623. The maximum absolute atomic E-state index is 13.4. The van der Waals surface area contributed by atoms with Gasteiger partial charge in [0, 0.05) is 37.1 Å². The summed E-state index contributed by atoms with van der Waals surface area (Å²) in [7, 11) is 0.